The fourth-order valence-electron chi connectivity index (χ4n) is 1.18. The van der Waals surface area contributed by atoms with E-state index >= 15 is 0 Å². The Morgan fingerprint density at radius 1 is 1.35 bits per heavy atom. The van der Waals surface area contributed by atoms with Crippen molar-refractivity contribution in [3.63, 3.8) is 0 Å². The lowest BCUT2D eigenvalue weighted by Crippen LogP contribution is -2.22. The third-order valence-corrected chi connectivity index (χ3v) is 4.04. The molecule has 7 heteroatoms. The zero-order valence-corrected chi connectivity index (χ0v) is 10.3. The van der Waals surface area contributed by atoms with Gasteiger partial charge in [-0.3, -0.25) is 4.79 Å². The standard InChI is InChI=1S/C10H9NO4S2/c12-6-9-1-2-10(15-9)17(13,14)11-5-8-3-4-16-7-8/h1-4,6-7,11H,5H2. The normalized spacial score (nSPS) is 11.5. The highest BCUT2D eigenvalue weighted by atomic mass is 32.2. The molecule has 2 aromatic rings. The van der Waals surface area contributed by atoms with Gasteiger partial charge in [0.2, 0.25) is 5.09 Å². The van der Waals surface area contributed by atoms with Crippen LogP contribution in [0.5, 0.6) is 0 Å². The van der Waals surface area contributed by atoms with Crippen LogP contribution in [-0.2, 0) is 16.6 Å². The van der Waals surface area contributed by atoms with Crippen LogP contribution in [-0.4, -0.2) is 14.7 Å². The van der Waals surface area contributed by atoms with Gasteiger partial charge in [-0.05, 0) is 34.5 Å². The van der Waals surface area contributed by atoms with E-state index in [-0.39, 0.29) is 17.4 Å². The van der Waals surface area contributed by atoms with E-state index in [9.17, 15) is 13.2 Å². The van der Waals surface area contributed by atoms with Gasteiger partial charge in [0.05, 0.1) is 0 Å². The Kier molecular flexibility index (Phi) is 3.41. The summed E-state index contributed by atoms with van der Waals surface area (Å²) in [6, 6.07) is 4.39. The maximum atomic E-state index is 11.7. The molecular weight excluding hydrogens is 262 g/mol. The third-order valence-electron chi connectivity index (χ3n) is 2.03. The summed E-state index contributed by atoms with van der Waals surface area (Å²) in [7, 11) is -3.70. The minimum Gasteiger partial charge on any atom is -0.440 e. The molecule has 0 bridgehead atoms. The minimum absolute atomic E-state index is 0.0130. The van der Waals surface area contributed by atoms with E-state index in [2.05, 4.69) is 4.72 Å². The van der Waals surface area contributed by atoms with Crippen molar-refractivity contribution in [1.29, 1.82) is 0 Å². The van der Waals surface area contributed by atoms with E-state index in [1.807, 2.05) is 16.8 Å². The predicted molar refractivity (Wildman–Crippen MR) is 62.4 cm³/mol. The molecule has 2 rings (SSSR count). The summed E-state index contributed by atoms with van der Waals surface area (Å²) < 4.78 is 30.7. The second-order valence-electron chi connectivity index (χ2n) is 3.23. The highest BCUT2D eigenvalue weighted by Gasteiger charge is 2.18. The van der Waals surface area contributed by atoms with Crippen molar-refractivity contribution in [2.45, 2.75) is 11.6 Å². The molecule has 2 heterocycles. The van der Waals surface area contributed by atoms with Crippen LogP contribution in [0.4, 0.5) is 0 Å². The molecule has 0 spiro atoms. The largest absolute Gasteiger partial charge is 0.440 e. The van der Waals surface area contributed by atoms with Gasteiger partial charge in [-0.25, -0.2) is 13.1 Å². The van der Waals surface area contributed by atoms with Gasteiger partial charge in [0, 0.05) is 6.54 Å². The first-order chi connectivity index (χ1) is 8.12. The molecule has 1 N–H and O–H groups in total. The maximum Gasteiger partial charge on any atom is 0.274 e. The molecule has 0 atom stereocenters. The fraction of sp³-hybridized carbons (Fsp3) is 0.100. The van der Waals surface area contributed by atoms with Crippen molar-refractivity contribution in [1.82, 2.24) is 4.72 Å². The number of carbonyl (C=O) groups is 1. The molecule has 90 valence electrons. The fourth-order valence-corrected chi connectivity index (χ4v) is 2.81. The van der Waals surface area contributed by atoms with Crippen LogP contribution in [0.25, 0.3) is 0 Å². The lowest BCUT2D eigenvalue weighted by atomic mass is 10.4. The highest BCUT2D eigenvalue weighted by Crippen LogP contribution is 2.13. The average molecular weight is 271 g/mol. The molecule has 2 aromatic heterocycles. The van der Waals surface area contributed by atoms with Gasteiger partial charge in [-0.2, -0.15) is 11.3 Å². The Labute approximate surface area is 102 Å². The van der Waals surface area contributed by atoms with E-state index in [1.165, 1.54) is 23.5 Å². The molecular formula is C10H9NO4S2. The van der Waals surface area contributed by atoms with Crippen LogP contribution >= 0.6 is 11.3 Å². The molecule has 0 aliphatic heterocycles. The molecule has 17 heavy (non-hydrogen) atoms. The van der Waals surface area contributed by atoms with Crippen LogP contribution in [0.1, 0.15) is 16.1 Å². The number of rotatable bonds is 5. The summed E-state index contributed by atoms with van der Waals surface area (Å²) in [6.07, 6.45) is 0.456. The lowest BCUT2D eigenvalue weighted by Gasteiger charge is -2.01. The minimum atomic E-state index is -3.70. The molecule has 0 saturated heterocycles. The Bertz CT molecular complexity index is 598. The Hall–Kier alpha value is -1.44. The average Bonchev–Trinajstić information content (AvgIpc) is 2.98. The molecule has 0 aliphatic carbocycles. The Balaban J connectivity index is 2.11. The zero-order valence-electron chi connectivity index (χ0n) is 8.62. The van der Waals surface area contributed by atoms with Gasteiger partial charge in [0.25, 0.3) is 10.0 Å². The number of carbonyl (C=O) groups excluding carboxylic acids is 1. The van der Waals surface area contributed by atoms with Gasteiger partial charge in [-0.1, -0.05) is 0 Å². The first kappa shape index (κ1) is 12.0. The van der Waals surface area contributed by atoms with Crippen LogP contribution < -0.4 is 4.72 Å². The summed E-state index contributed by atoms with van der Waals surface area (Å²) >= 11 is 1.49. The molecule has 0 fully saturated rings. The predicted octanol–water partition coefficient (Wildman–Crippen LogP) is 1.63. The quantitative estimate of drug-likeness (QED) is 0.839. The van der Waals surface area contributed by atoms with Crippen molar-refractivity contribution in [2.24, 2.45) is 0 Å². The van der Waals surface area contributed by atoms with Crippen LogP contribution in [0.15, 0.2) is 38.5 Å². The smallest absolute Gasteiger partial charge is 0.274 e. The monoisotopic (exact) mass is 271 g/mol. The number of sulfonamides is 1. The van der Waals surface area contributed by atoms with Gasteiger partial charge < -0.3 is 4.42 Å². The SMILES string of the molecule is O=Cc1ccc(S(=O)(=O)NCc2ccsc2)o1. The van der Waals surface area contributed by atoms with Gasteiger partial charge in [0.15, 0.2) is 12.0 Å². The molecule has 0 aliphatic rings. The number of thiophene rings is 1. The lowest BCUT2D eigenvalue weighted by molar-refractivity contribution is 0.109. The first-order valence-electron chi connectivity index (χ1n) is 4.67. The molecule has 0 aromatic carbocycles. The Morgan fingerprint density at radius 3 is 2.76 bits per heavy atom. The highest BCUT2D eigenvalue weighted by molar-refractivity contribution is 7.89. The second kappa shape index (κ2) is 4.82. The molecule has 0 amide bonds. The van der Waals surface area contributed by atoms with E-state index in [4.69, 9.17) is 4.42 Å². The van der Waals surface area contributed by atoms with Crippen LogP contribution in [0.2, 0.25) is 0 Å². The van der Waals surface area contributed by atoms with Crippen molar-refractivity contribution in [3.8, 4) is 0 Å². The summed E-state index contributed by atoms with van der Waals surface area (Å²) in [4.78, 5) is 10.4. The Morgan fingerprint density at radius 2 is 2.18 bits per heavy atom. The molecule has 5 nitrogen and oxygen atoms in total. The van der Waals surface area contributed by atoms with Crippen LogP contribution in [0.3, 0.4) is 0 Å². The van der Waals surface area contributed by atoms with Crippen molar-refractivity contribution >= 4 is 27.6 Å². The summed E-state index contributed by atoms with van der Waals surface area (Å²) in [5.41, 5.74) is 0.876. The zero-order chi connectivity index (χ0) is 12.3. The number of aldehydes is 1. The van der Waals surface area contributed by atoms with E-state index in [0.717, 1.165) is 5.56 Å². The van der Waals surface area contributed by atoms with Gasteiger partial charge >= 0.3 is 0 Å². The molecule has 0 radical (unpaired) electrons. The van der Waals surface area contributed by atoms with Gasteiger partial charge in [-0.15, -0.1) is 0 Å². The number of hydrogen-bond acceptors (Lipinski definition) is 5. The van der Waals surface area contributed by atoms with Crippen molar-refractivity contribution in [2.75, 3.05) is 0 Å². The summed E-state index contributed by atoms with van der Waals surface area (Å²) in [6.45, 7) is 0.197. The van der Waals surface area contributed by atoms with Crippen molar-refractivity contribution < 1.29 is 17.6 Å². The summed E-state index contributed by atoms with van der Waals surface area (Å²) in [5, 5.41) is 3.46. The second-order valence-corrected chi connectivity index (χ2v) is 5.71. The van der Waals surface area contributed by atoms with Crippen molar-refractivity contribution in [3.05, 3.63) is 40.3 Å². The van der Waals surface area contributed by atoms with Gasteiger partial charge in [0.1, 0.15) is 0 Å². The first-order valence-corrected chi connectivity index (χ1v) is 7.10. The maximum absolute atomic E-state index is 11.7. The van der Waals surface area contributed by atoms with E-state index in [1.54, 1.807) is 0 Å². The number of hydrogen-bond donors (Lipinski definition) is 1. The van der Waals surface area contributed by atoms with E-state index < -0.39 is 10.0 Å². The molecule has 0 unspecified atom stereocenters. The van der Waals surface area contributed by atoms with Crippen LogP contribution in [0, 0.1) is 0 Å². The number of nitrogens with one attached hydrogen (secondary N) is 1. The molecule has 0 saturated carbocycles. The topological polar surface area (TPSA) is 76.4 Å². The number of furan rings is 1. The van der Waals surface area contributed by atoms with E-state index in [0.29, 0.717) is 6.29 Å². The third kappa shape index (κ3) is 2.82. The summed E-state index contributed by atoms with van der Waals surface area (Å²) in [5.74, 6) is -0.0130.